The largest absolute Gasteiger partial charge is 0.335 e. The van der Waals surface area contributed by atoms with Gasteiger partial charge in [-0.2, -0.15) is 0 Å². The lowest BCUT2D eigenvalue weighted by Crippen LogP contribution is -2.32. The van der Waals surface area contributed by atoms with Crippen molar-refractivity contribution in [1.82, 2.24) is 14.0 Å². The number of nitrogens with zero attached hydrogens (tertiary/aromatic N) is 3. The van der Waals surface area contributed by atoms with Gasteiger partial charge >= 0.3 is 5.69 Å². The summed E-state index contributed by atoms with van der Waals surface area (Å²) in [5.41, 5.74) is 1.81. The first-order valence-electron chi connectivity index (χ1n) is 9.21. The van der Waals surface area contributed by atoms with Gasteiger partial charge in [0, 0.05) is 30.9 Å². The van der Waals surface area contributed by atoms with Crippen LogP contribution in [0.3, 0.4) is 0 Å². The van der Waals surface area contributed by atoms with E-state index >= 15 is 0 Å². The van der Waals surface area contributed by atoms with Gasteiger partial charge in [-0.05, 0) is 43.3 Å². The summed E-state index contributed by atoms with van der Waals surface area (Å²) in [6.07, 6.45) is 2.43. The quantitative estimate of drug-likeness (QED) is 0.689. The molecule has 0 spiro atoms. The fraction of sp³-hybridized carbons (Fsp3) is 0.400. The van der Waals surface area contributed by atoms with Crippen molar-refractivity contribution in [3.8, 4) is 0 Å². The molecule has 0 radical (unpaired) electrons. The predicted molar refractivity (Wildman–Crippen MR) is 104 cm³/mol. The lowest BCUT2D eigenvalue weighted by atomic mass is 10.2. The molecule has 0 saturated carbocycles. The minimum Gasteiger partial charge on any atom is -0.335 e. The maximum atomic E-state index is 12.9. The molecule has 1 atom stereocenters. The number of carbonyl (C=O) groups excluding carboxylic acids is 1. The maximum Gasteiger partial charge on any atom is 0.329 e. The summed E-state index contributed by atoms with van der Waals surface area (Å²) in [5.74, 6) is 0.140. The van der Waals surface area contributed by atoms with Crippen LogP contribution < -0.4 is 5.69 Å². The molecule has 1 saturated heterocycles. The van der Waals surface area contributed by atoms with Gasteiger partial charge in [-0.15, -0.1) is 11.3 Å². The molecular weight excluding hydrogens is 346 g/mol. The number of aromatic nitrogens is 2. The Morgan fingerprint density at radius 1 is 1.15 bits per heavy atom. The molecule has 5 nitrogen and oxygen atoms in total. The standard InChI is InChI=1S/C20H23N3O2S/c1-2-21-15-7-3-4-8-16(15)23(20(21)25)13-11-19(24)22-12-5-9-17(22)18-10-6-14-26-18/h3-4,6-8,10,14,17H,2,5,9,11-13H2,1H3. The zero-order valence-corrected chi connectivity index (χ0v) is 15.7. The number of amides is 1. The number of imidazole rings is 1. The van der Waals surface area contributed by atoms with E-state index in [4.69, 9.17) is 0 Å². The van der Waals surface area contributed by atoms with E-state index in [1.54, 1.807) is 20.5 Å². The summed E-state index contributed by atoms with van der Waals surface area (Å²) in [6, 6.07) is 12.2. The first-order valence-corrected chi connectivity index (χ1v) is 10.1. The number of carbonyl (C=O) groups is 1. The second kappa shape index (κ2) is 7.11. The van der Waals surface area contributed by atoms with E-state index in [1.165, 1.54) is 4.88 Å². The molecule has 1 aromatic carbocycles. The van der Waals surface area contributed by atoms with Crippen LogP contribution in [0.5, 0.6) is 0 Å². The van der Waals surface area contributed by atoms with Crippen molar-refractivity contribution in [2.75, 3.05) is 6.54 Å². The molecule has 0 aliphatic carbocycles. The number of rotatable bonds is 5. The topological polar surface area (TPSA) is 47.2 Å². The molecule has 1 aliphatic heterocycles. The summed E-state index contributed by atoms with van der Waals surface area (Å²) in [6.45, 7) is 3.85. The van der Waals surface area contributed by atoms with Crippen molar-refractivity contribution in [2.45, 2.75) is 45.3 Å². The van der Waals surface area contributed by atoms with E-state index < -0.39 is 0 Å². The second-order valence-corrected chi connectivity index (χ2v) is 7.66. The van der Waals surface area contributed by atoms with Crippen LogP contribution in [0, 0.1) is 0 Å². The van der Waals surface area contributed by atoms with Crippen LogP contribution in [0.4, 0.5) is 0 Å². The highest BCUT2D eigenvalue weighted by atomic mass is 32.1. The highest BCUT2D eigenvalue weighted by Crippen LogP contribution is 2.34. The van der Waals surface area contributed by atoms with Crippen molar-refractivity contribution in [3.63, 3.8) is 0 Å². The van der Waals surface area contributed by atoms with Crippen LogP contribution in [0.1, 0.15) is 37.1 Å². The summed E-state index contributed by atoms with van der Waals surface area (Å²) in [7, 11) is 0. The molecule has 3 aromatic rings. The first-order chi connectivity index (χ1) is 12.7. The van der Waals surface area contributed by atoms with Gasteiger partial charge in [0.2, 0.25) is 5.91 Å². The minimum absolute atomic E-state index is 0.0299. The molecule has 2 aromatic heterocycles. The van der Waals surface area contributed by atoms with Crippen LogP contribution in [-0.2, 0) is 17.9 Å². The zero-order valence-electron chi connectivity index (χ0n) is 14.9. The van der Waals surface area contributed by atoms with E-state index in [0.717, 1.165) is 30.4 Å². The van der Waals surface area contributed by atoms with Gasteiger partial charge in [-0.3, -0.25) is 13.9 Å². The molecule has 136 valence electrons. The van der Waals surface area contributed by atoms with Crippen molar-refractivity contribution >= 4 is 28.3 Å². The molecule has 26 heavy (non-hydrogen) atoms. The number of hydrogen-bond acceptors (Lipinski definition) is 3. The highest BCUT2D eigenvalue weighted by Gasteiger charge is 2.30. The van der Waals surface area contributed by atoms with Crippen molar-refractivity contribution in [1.29, 1.82) is 0 Å². The smallest absolute Gasteiger partial charge is 0.329 e. The van der Waals surface area contributed by atoms with E-state index in [9.17, 15) is 9.59 Å². The summed E-state index contributed by atoms with van der Waals surface area (Å²) >= 11 is 1.71. The summed E-state index contributed by atoms with van der Waals surface area (Å²) in [5, 5.41) is 2.06. The van der Waals surface area contributed by atoms with Gasteiger partial charge in [-0.25, -0.2) is 4.79 Å². The Balaban J connectivity index is 1.54. The van der Waals surface area contributed by atoms with Gasteiger partial charge in [0.1, 0.15) is 0 Å². The lowest BCUT2D eigenvalue weighted by molar-refractivity contribution is -0.132. The number of aryl methyl sites for hydroxylation is 2. The van der Waals surface area contributed by atoms with E-state index in [1.807, 2.05) is 42.2 Å². The van der Waals surface area contributed by atoms with Crippen molar-refractivity contribution in [2.24, 2.45) is 0 Å². The number of benzene rings is 1. The molecule has 1 unspecified atom stereocenters. The Hall–Kier alpha value is -2.34. The van der Waals surface area contributed by atoms with Gasteiger partial charge in [0.15, 0.2) is 0 Å². The van der Waals surface area contributed by atoms with Gasteiger partial charge < -0.3 is 4.90 Å². The van der Waals surface area contributed by atoms with E-state index in [-0.39, 0.29) is 17.6 Å². The lowest BCUT2D eigenvalue weighted by Gasteiger charge is -2.24. The van der Waals surface area contributed by atoms with Gasteiger partial charge in [0.25, 0.3) is 0 Å². The zero-order chi connectivity index (χ0) is 18.1. The normalized spacial score (nSPS) is 17.3. The Morgan fingerprint density at radius 3 is 2.62 bits per heavy atom. The van der Waals surface area contributed by atoms with E-state index in [0.29, 0.717) is 19.5 Å². The molecule has 0 bridgehead atoms. The highest BCUT2D eigenvalue weighted by molar-refractivity contribution is 7.10. The molecular formula is C20H23N3O2S. The molecule has 1 aliphatic rings. The van der Waals surface area contributed by atoms with Crippen LogP contribution in [0.2, 0.25) is 0 Å². The third kappa shape index (κ3) is 2.88. The number of thiophene rings is 1. The number of likely N-dealkylation sites (tertiary alicyclic amines) is 1. The monoisotopic (exact) mass is 369 g/mol. The average molecular weight is 369 g/mol. The summed E-state index contributed by atoms with van der Waals surface area (Å²) < 4.78 is 3.51. The predicted octanol–water partition coefficient (Wildman–Crippen LogP) is 3.64. The maximum absolute atomic E-state index is 12.9. The fourth-order valence-corrected chi connectivity index (χ4v) is 4.86. The van der Waals surface area contributed by atoms with Crippen LogP contribution in [0.15, 0.2) is 46.6 Å². The van der Waals surface area contributed by atoms with Crippen LogP contribution >= 0.6 is 11.3 Å². The molecule has 0 N–H and O–H groups in total. The molecule has 1 amide bonds. The second-order valence-electron chi connectivity index (χ2n) is 6.68. The van der Waals surface area contributed by atoms with E-state index in [2.05, 4.69) is 11.4 Å². The molecule has 3 heterocycles. The molecule has 4 rings (SSSR count). The van der Waals surface area contributed by atoms with Crippen molar-refractivity contribution in [3.05, 3.63) is 57.1 Å². The molecule has 1 fully saturated rings. The van der Waals surface area contributed by atoms with Gasteiger partial charge in [0.05, 0.1) is 17.1 Å². The third-order valence-electron chi connectivity index (χ3n) is 5.24. The van der Waals surface area contributed by atoms with Crippen molar-refractivity contribution < 1.29 is 4.79 Å². The van der Waals surface area contributed by atoms with Crippen LogP contribution in [-0.4, -0.2) is 26.5 Å². The fourth-order valence-electron chi connectivity index (χ4n) is 3.99. The minimum atomic E-state index is -0.0299. The van der Waals surface area contributed by atoms with Crippen LogP contribution in [0.25, 0.3) is 11.0 Å². The number of hydrogen-bond donors (Lipinski definition) is 0. The first kappa shape index (κ1) is 17.1. The Kier molecular flexibility index (Phi) is 4.68. The number of para-hydroxylation sites is 2. The SMILES string of the molecule is CCn1c(=O)n(CCC(=O)N2CCCC2c2cccs2)c2ccccc21. The average Bonchev–Trinajstić information content (AvgIpc) is 3.38. The Labute approximate surface area is 156 Å². The summed E-state index contributed by atoms with van der Waals surface area (Å²) in [4.78, 5) is 28.8. The third-order valence-corrected chi connectivity index (χ3v) is 6.21. The van der Waals surface area contributed by atoms with Gasteiger partial charge in [-0.1, -0.05) is 18.2 Å². The Bertz CT molecular complexity index is 971. The Morgan fingerprint density at radius 2 is 1.92 bits per heavy atom. The number of fused-ring (bicyclic) bond motifs is 1. The molecule has 6 heteroatoms.